The summed E-state index contributed by atoms with van der Waals surface area (Å²) < 4.78 is 9.03. The van der Waals surface area contributed by atoms with Crippen molar-refractivity contribution in [3.8, 4) is 22.8 Å². The van der Waals surface area contributed by atoms with Crippen molar-refractivity contribution in [2.75, 3.05) is 18.4 Å². The van der Waals surface area contributed by atoms with Crippen LogP contribution in [-0.2, 0) is 0 Å². The molecule has 4 heterocycles. The molecule has 2 aliphatic heterocycles. The summed E-state index contributed by atoms with van der Waals surface area (Å²) >= 11 is 0. The molecular weight excluding hydrogens is 484 g/mol. The van der Waals surface area contributed by atoms with E-state index >= 15 is 0 Å². The summed E-state index contributed by atoms with van der Waals surface area (Å²) in [4.78, 5) is 31.7. The van der Waals surface area contributed by atoms with Gasteiger partial charge in [-0.05, 0) is 62.1 Å². The van der Waals surface area contributed by atoms with E-state index in [0.717, 1.165) is 37.0 Å². The number of rotatable bonds is 5. The third kappa shape index (κ3) is 4.36. The largest absolute Gasteiger partial charge is 0.457 e. The van der Waals surface area contributed by atoms with E-state index in [1.165, 1.54) is 17.3 Å². The van der Waals surface area contributed by atoms with Gasteiger partial charge in [0, 0.05) is 18.7 Å². The van der Waals surface area contributed by atoms with Gasteiger partial charge in [0.1, 0.15) is 41.2 Å². The van der Waals surface area contributed by atoms with E-state index in [4.69, 9.17) is 15.6 Å². The summed E-state index contributed by atoms with van der Waals surface area (Å²) in [6, 6.07) is 16.5. The van der Waals surface area contributed by atoms with E-state index in [1.807, 2.05) is 64.2 Å². The second-order valence-corrected chi connectivity index (χ2v) is 9.48. The Bertz CT molecular complexity index is 1430. The van der Waals surface area contributed by atoms with E-state index in [9.17, 15) is 9.59 Å². The molecule has 0 bridgehead atoms. The first kappa shape index (κ1) is 23.7. The molecule has 0 spiro atoms. The number of carbonyl (C=O) groups excluding carboxylic acids is 2. The fourth-order valence-corrected chi connectivity index (χ4v) is 5.43. The van der Waals surface area contributed by atoms with Gasteiger partial charge in [0.25, 0.3) is 5.91 Å². The number of likely N-dealkylation sites (tertiary alicyclic amines) is 1. The van der Waals surface area contributed by atoms with E-state index in [2.05, 4.69) is 15.4 Å². The van der Waals surface area contributed by atoms with Crippen LogP contribution in [0.3, 0.4) is 0 Å². The Labute approximate surface area is 219 Å². The Morgan fingerprint density at radius 1 is 0.974 bits per heavy atom. The van der Waals surface area contributed by atoms with Crippen LogP contribution in [0.4, 0.5) is 10.6 Å². The lowest BCUT2D eigenvalue weighted by Gasteiger charge is -2.41. The second-order valence-electron chi connectivity index (χ2n) is 9.48. The molecule has 2 atom stereocenters. The Morgan fingerprint density at radius 3 is 2.50 bits per heavy atom. The Morgan fingerprint density at radius 2 is 1.76 bits per heavy atom. The summed E-state index contributed by atoms with van der Waals surface area (Å²) in [7, 11) is 0. The van der Waals surface area contributed by atoms with Gasteiger partial charge in [-0.1, -0.05) is 18.2 Å². The number of carbonyl (C=O) groups is 2. The normalized spacial score (nSPS) is 18.9. The van der Waals surface area contributed by atoms with Crippen molar-refractivity contribution >= 4 is 17.8 Å². The van der Waals surface area contributed by atoms with Crippen molar-refractivity contribution < 1.29 is 14.3 Å². The molecule has 6 rings (SSSR count). The molecule has 1 saturated heterocycles. The molecule has 194 valence electrons. The van der Waals surface area contributed by atoms with Gasteiger partial charge in [-0.3, -0.25) is 4.79 Å². The number of benzene rings is 2. The number of amides is 2. The Hall–Kier alpha value is -4.67. The Balaban J connectivity index is 1.34. The first-order chi connectivity index (χ1) is 18.6. The lowest BCUT2D eigenvalue weighted by molar-refractivity contribution is 0.0998. The van der Waals surface area contributed by atoms with Crippen molar-refractivity contribution in [2.24, 2.45) is 5.73 Å². The highest BCUT2D eigenvalue weighted by Gasteiger charge is 2.39. The summed E-state index contributed by atoms with van der Waals surface area (Å²) in [6.45, 7) is 1.27. The zero-order valence-corrected chi connectivity index (χ0v) is 20.7. The minimum atomic E-state index is -0.557. The molecule has 0 radical (unpaired) electrons. The van der Waals surface area contributed by atoms with Crippen molar-refractivity contribution in [2.45, 2.75) is 37.8 Å². The molecule has 4 aromatic rings. The number of aromatic nitrogens is 5. The number of nitrogens with zero attached hydrogens (tertiary/aromatic N) is 6. The minimum Gasteiger partial charge on any atom is -0.457 e. The zero-order valence-electron chi connectivity index (χ0n) is 20.7. The van der Waals surface area contributed by atoms with Crippen LogP contribution < -0.4 is 15.8 Å². The number of primary amides is 1. The number of nitrogens with two attached hydrogens (primary N) is 1. The van der Waals surface area contributed by atoms with Crippen molar-refractivity contribution in [3.63, 3.8) is 0 Å². The molecule has 3 N–H and O–H groups in total. The quantitative estimate of drug-likeness (QED) is 0.414. The fourth-order valence-electron chi connectivity index (χ4n) is 5.43. The third-order valence-electron chi connectivity index (χ3n) is 7.16. The molecule has 2 aliphatic rings. The molecule has 38 heavy (non-hydrogen) atoms. The number of piperidine rings is 1. The van der Waals surface area contributed by atoms with Gasteiger partial charge in [-0.15, -0.1) is 0 Å². The number of hydrogen-bond acceptors (Lipinski definition) is 7. The first-order valence-corrected chi connectivity index (χ1v) is 12.8. The highest BCUT2D eigenvalue weighted by atomic mass is 16.5. The van der Waals surface area contributed by atoms with Crippen molar-refractivity contribution in [3.05, 3.63) is 72.8 Å². The molecule has 0 unspecified atom stereocenters. The lowest BCUT2D eigenvalue weighted by Crippen LogP contribution is -2.51. The van der Waals surface area contributed by atoms with Crippen LogP contribution in [0.25, 0.3) is 11.3 Å². The maximum atomic E-state index is 13.2. The monoisotopic (exact) mass is 512 g/mol. The van der Waals surface area contributed by atoms with Crippen molar-refractivity contribution in [1.29, 1.82) is 0 Å². The van der Waals surface area contributed by atoms with Gasteiger partial charge in [-0.25, -0.2) is 14.5 Å². The molecule has 2 aromatic heterocycles. The molecule has 2 aromatic carbocycles. The summed E-state index contributed by atoms with van der Waals surface area (Å²) in [5.74, 6) is 1.44. The van der Waals surface area contributed by atoms with Gasteiger partial charge >= 0.3 is 6.03 Å². The first-order valence-electron chi connectivity index (χ1n) is 12.8. The number of para-hydroxylation sites is 1. The van der Waals surface area contributed by atoms with E-state index in [1.54, 1.807) is 0 Å². The van der Waals surface area contributed by atoms with Gasteiger partial charge in [-0.2, -0.15) is 14.9 Å². The minimum absolute atomic E-state index is 0.101. The maximum absolute atomic E-state index is 13.2. The zero-order chi connectivity index (χ0) is 26.1. The van der Waals surface area contributed by atoms with Crippen LogP contribution in [0.5, 0.6) is 11.5 Å². The smallest absolute Gasteiger partial charge is 0.346 e. The standard InChI is InChI=1S/C27H28N8O3/c28-25(36)23-24(18-9-11-20(12-10-18)38-19-6-2-1-3-7-19)32-35-22(13-14-30-26(23)35)21-8-4-5-15-33(21)27(37)34-17-29-16-31-34/h1-3,6-7,9-12,16-17,21-22,30H,4-5,8,13-15H2,(H2,28,36)/t21-,22+/m1/s1. The molecule has 11 nitrogen and oxygen atoms in total. The average Bonchev–Trinajstić information content (AvgIpc) is 3.62. The van der Waals surface area contributed by atoms with Crippen LogP contribution in [0.15, 0.2) is 67.3 Å². The van der Waals surface area contributed by atoms with Crippen LogP contribution in [-0.4, -0.2) is 60.5 Å². The second kappa shape index (κ2) is 10.0. The predicted octanol–water partition coefficient (Wildman–Crippen LogP) is 3.91. The van der Waals surface area contributed by atoms with Crippen molar-refractivity contribution in [1.82, 2.24) is 29.4 Å². The van der Waals surface area contributed by atoms with Crippen LogP contribution in [0, 0.1) is 0 Å². The van der Waals surface area contributed by atoms with Gasteiger partial charge < -0.3 is 20.7 Å². The van der Waals surface area contributed by atoms with Crippen LogP contribution >= 0.6 is 0 Å². The van der Waals surface area contributed by atoms with E-state index in [-0.39, 0.29) is 18.1 Å². The number of nitrogens with one attached hydrogen (secondary N) is 1. The molecule has 0 saturated carbocycles. The Kier molecular flexibility index (Phi) is 6.24. The summed E-state index contributed by atoms with van der Waals surface area (Å²) in [5, 5.41) is 12.3. The van der Waals surface area contributed by atoms with Gasteiger partial charge in [0.15, 0.2) is 0 Å². The van der Waals surface area contributed by atoms with E-state index < -0.39 is 5.91 Å². The maximum Gasteiger partial charge on any atom is 0.346 e. The number of ether oxygens (including phenoxy) is 1. The predicted molar refractivity (Wildman–Crippen MR) is 140 cm³/mol. The van der Waals surface area contributed by atoms with Gasteiger partial charge in [0.2, 0.25) is 0 Å². The SMILES string of the molecule is NC(=O)c1c(-c2ccc(Oc3ccccc3)cc2)nn2c1NCC[C@H]2[C@H]1CCCCN1C(=O)n1cncn1. The number of fused-ring (bicyclic) bond motifs is 1. The third-order valence-corrected chi connectivity index (χ3v) is 7.16. The molecule has 0 aliphatic carbocycles. The molecule has 1 fully saturated rings. The molecule has 11 heteroatoms. The lowest BCUT2D eigenvalue weighted by atomic mass is 9.93. The average molecular weight is 513 g/mol. The number of anilines is 1. The number of hydrogen-bond donors (Lipinski definition) is 2. The highest BCUT2D eigenvalue weighted by Crippen LogP contribution is 2.39. The van der Waals surface area contributed by atoms with Crippen LogP contribution in [0.1, 0.15) is 42.1 Å². The van der Waals surface area contributed by atoms with Crippen LogP contribution in [0.2, 0.25) is 0 Å². The van der Waals surface area contributed by atoms with Gasteiger partial charge in [0.05, 0.1) is 12.1 Å². The fraction of sp³-hybridized carbons (Fsp3) is 0.296. The summed E-state index contributed by atoms with van der Waals surface area (Å²) in [5.41, 5.74) is 7.47. The topological polar surface area (TPSA) is 133 Å². The summed E-state index contributed by atoms with van der Waals surface area (Å²) in [6.07, 6.45) is 6.28. The molecule has 2 amide bonds. The molecular formula is C27H28N8O3. The van der Waals surface area contributed by atoms with E-state index in [0.29, 0.717) is 35.9 Å². The highest BCUT2D eigenvalue weighted by molar-refractivity contribution is 6.03.